The topological polar surface area (TPSA) is 147 Å². The molecule has 0 aliphatic carbocycles. The summed E-state index contributed by atoms with van der Waals surface area (Å²) in [5.74, 6) is -3.67. The first-order valence-electron chi connectivity index (χ1n) is 16.8. The number of allylic oxidation sites excluding steroid dienone is 1. The Hall–Kier alpha value is -4.88. The van der Waals surface area contributed by atoms with Crippen LogP contribution in [0.1, 0.15) is 37.9 Å². The Morgan fingerprint density at radius 1 is 1.00 bits per heavy atom. The summed E-state index contributed by atoms with van der Waals surface area (Å²) in [4.78, 5) is 61.4. The van der Waals surface area contributed by atoms with Gasteiger partial charge in [0.15, 0.2) is 0 Å². The SMILES string of the molecule is C[C@@H]1[C@@H](c2ccccc2)OC(=O)[C@@H]2[C@H]3C(=O)N(CCCO)[C@@H]4C(=O)N(Cn5nnc6ccccc65)CC=C[C@]34O[C@@H]2/C=C\CCC(=O)N1C. The lowest BCUT2D eigenvalue weighted by molar-refractivity contribution is -0.164. The molecule has 0 unspecified atom stereocenters. The zero-order chi connectivity index (χ0) is 34.3. The molecule has 7 atom stereocenters. The average molecular weight is 669 g/mol. The van der Waals surface area contributed by atoms with E-state index < -0.39 is 53.6 Å². The third kappa shape index (κ3) is 5.60. The summed E-state index contributed by atoms with van der Waals surface area (Å²) in [6, 6.07) is 15.1. The maximum Gasteiger partial charge on any atom is 0.313 e. The average Bonchev–Trinajstić information content (AvgIpc) is 3.71. The number of likely N-dealkylation sites (N-methyl/N-ethyl adjacent to an activating group) is 1. The number of aliphatic hydroxyl groups is 1. The molecule has 2 saturated heterocycles. The Morgan fingerprint density at radius 2 is 1.78 bits per heavy atom. The fraction of sp³-hybridized carbons (Fsp3) is 0.444. The monoisotopic (exact) mass is 668 g/mol. The highest BCUT2D eigenvalue weighted by atomic mass is 16.6. The smallest absolute Gasteiger partial charge is 0.313 e. The second kappa shape index (κ2) is 13.2. The van der Waals surface area contributed by atoms with Gasteiger partial charge in [-0.1, -0.05) is 72.0 Å². The molecular weight excluding hydrogens is 628 g/mol. The summed E-state index contributed by atoms with van der Waals surface area (Å²) in [6.45, 7) is 2.03. The summed E-state index contributed by atoms with van der Waals surface area (Å²) >= 11 is 0. The molecule has 3 aromatic rings. The van der Waals surface area contributed by atoms with Crippen molar-refractivity contribution in [1.29, 1.82) is 0 Å². The van der Waals surface area contributed by atoms with Crippen molar-refractivity contribution in [3.8, 4) is 0 Å². The van der Waals surface area contributed by atoms with E-state index in [1.165, 1.54) is 4.90 Å². The fourth-order valence-corrected chi connectivity index (χ4v) is 7.73. The van der Waals surface area contributed by atoms with E-state index in [9.17, 15) is 24.3 Å². The number of hydrogen-bond acceptors (Lipinski definition) is 9. The molecule has 0 radical (unpaired) electrons. The van der Waals surface area contributed by atoms with E-state index in [-0.39, 0.29) is 51.0 Å². The third-order valence-corrected chi connectivity index (χ3v) is 10.3. The van der Waals surface area contributed by atoms with Crippen molar-refractivity contribution in [1.82, 2.24) is 29.7 Å². The van der Waals surface area contributed by atoms with Gasteiger partial charge in [0.1, 0.15) is 35.9 Å². The summed E-state index contributed by atoms with van der Waals surface area (Å²) in [7, 11) is 1.70. The molecular formula is C36H40N6O7. The number of benzene rings is 2. The lowest BCUT2D eigenvalue weighted by atomic mass is 9.77. The second-order valence-corrected chi connectivity index (χ2v) is 13.1. The van der Waals surface area contributed by atoms with Crippen LogP contribution in [-0.2, 0) is 35.3 Å². The van der Waals surface area contributed by atoms with E-state index in [0.717, 1.165) is 5.52 Å². The maximum atomic E-state index is 14.6. The molecule has 4 aliphatic heterocycles. The quantitative estimate of drug-likeness (QED) is 0.309. The predicted octanol–water partition coefficient (Wildman–Crippen LogP) is 2.23. The number of nitrogens with zero attached hydrogens (tertiary/aromatic N) is 6. The highest BCUT2D eigenvalue weighted by molar-refractivity contribution is 5.99. The van der Waals surface area contributed by atoms with Gasteiger partial charge in [0.25, 0.3) is 5.91 Å². The first kappa shape index (κ1) is 32.7. The van der Waals surface area contributed by atoms with Gasteiger partial charge in [-0.2, -0.15) is 0 Å². The Balaban J connectivity index is 1.28. The molecule has 0 bridgehead atoms. The van der Waals surface area contributed by atoms with E-state index in [0.29, 0.717) is 17.5 Å². The van der Waals surface area contributed by atoms with Crippen LogP contribution >= 0.6 is 0 Å². The van der Waals surface area contributed by atoms with Gasteiger partial charge in [0, 0.05) is 33.2 Å². The molecule has 1 N–H and O–H groups in total. The van der Waals surface area contributed by atoms with Crippen molar-refractivity contribution in [3.05, 3.63) is 84.5 Å². The molecule has 0 saturated carbocycles. The molecule has 4 aliphatic rings. The second-order valence-electron chi connectivity index (χ2n) is 13.1. The van der Waals surface area contributed by atoms with E-state index in [1.807, 2.05) is 61.5 Å². The molecule has 49 heavy (non-hydrogen) atoms. The Kier molecular flexibility index (Phi) is 8.80. The highest BCUT2D eigenvalue weighted by Gasteiger charge is 2.71. The number of cyclic esters (lactones) is 1. The van der Waals surface area contributed by atoms with Crippen molar-refractivity contribution >= 4 is 34.7 Å². The van der Waals surface area contributed by atoms with Crippen molar-refractivity contribution in [2.45, 2.75) is 62.7 Å². The van der Waals surface area contributed by atoms with Crippen LogP contribution < -0.4 is 0 Å². The van der Waals surface area contributed by atoms with Gasteiger partial charge < -0.3 is 29.3 Å². The molecule has 13 nitrogen and oxygen atoms in total. The summed E-state index contributed by atoms with van der Waals surface area (Å²) < 4.78 is 14.7. The lowest BCUT2D eigenvalue weighted by Crippen LogP contribution is -2.55. The minimum atomic E-state index is -1.48. The van der Waals surface area contributed by atoms with Crippen molar-refractivity contribution < 1.29 is 33.8 Å². The number of carbonyl (C=O) groups excluding carboxylic acids is 4. The van der Waals surface area contributed by atoms with Crippen LogP contribution in [-0.4, -0.2) is 109 Å². The third-order valence-electron chi connectivity index (χ3n) is 10.3. The number of amides is 3. The maximum absolute atomic E-state index is 14.6. The zero-order valence-corrected chi connectivity index (χ0v) is 27.5. The molecule has 2 fully saturated rings. The number of aromatic nitrogens is 3. The van der Waals surface area contributed by atoms with Crippen LogP contribution in [0.3, 0.4) is 0 Å². The molecule has 2 aromatic carbocycles. The molecule has 1 spiro atoms. The minimum absolute atomic E-state index is 0.0793. The van der Waals surface area contributed by atoms with E-state index >= 15 is 0 Å². The van der Waals surface area contributed by atoms with Crippen LogP contribution in [0.25, 0.3) is 11.0 Å². The van der Waals surface area contributed by atoms with Gasteiger partial charge in [-0.3, -0.25) is 19.2 Å². The molecule has 1 aromatic heterocycles. The van der Waals surface area contributed by atoms with Crippen molar-refractivity contribution in [3.63, 3.8) is 0 Å². The fourth-order valence-electron chi connectivity index (χ4n) is 7.73. The van der Waals surface area contributed by atoms with Gasteiger partial charge >= 0.3 is 5.97 Å². The number of esters is 1. The molecule has 3 amide bonds. The number of aliphatic hydroxyl groups excluding tert-OH is 1. The van der Waals surface area contributed by atoms with Crippen LogP contribution in [0.5, 0.6) is 0 Å². The number of hydrogen-bond donors (Lipinski definition) is 1. The van der Waals surface area contributed by atoms with Crippen LogP contribution in [0.2, 0.25) is 0 Å². The number of rotatable bonds is 6. The molecule has 13 heteroatoms. The highest BCUT2D eigenvalue weighted by Crippen LogP contribution is 2.53. The minimum Gasteiger partial charge on any atom is -0.455 e. The first-order chi connectivity index (χ1) is 23.7. The molecule has 256 valence electrons. The Labute approximate surface area is 283 Å². The predicted molar refractivity (Wildman–Crippen MR) is 176 cm³/mol. The summed E-state index contributed by atoms with van der Waals surface area (Å²) in [5.41, 5.74) is 0.668. The lowest BCUT2D eigenvalue weighted by Gasteiger charge is -2.35. The zero-order valence-electron chi connectivity index (χ0n) is 27.5. The van der Waals surface area contributed by atoms with Crippen molar-refractivity contribution in [2.75, 3.05) is 26.7 Å². The van der Waals surface area contributed by atoms with E-state index in [2.05, 4.69) is 10.3 Å². The largest absolute Gasteiger partial charge is 0.455 e. The Morgan fingerprint density at radius 3 is 2.57 bits per heavy atom. The number of fused-ring (bicyclic) bond motifs is 3. The number of para-hydroxylation sites is 1. The summed E-state index contributed by atoms with van der Waals surface area (Å²) in [6.07, 6.45) is 6.24. The standard InChI is InChI=1S/C36H40N6O7/c1-23-31(24-12-4-3-5-13-24)48-35(47)29-27(16-8-9-17-28(44)39(23)2)49-36-18-10-19-40(22-42-26-15-7-6-14-25(26)37-38-42)34(46)32(36)41(20-11-21-43)33(45)30(29)36/h3-8,10,12-16,18,23,27,29-32,43H,9,11,17,19-22H2,1-2H3/b16-8-/t23-,27-,29+,30+,31+,32-,36+/m1/s1. The van der Waals surface area contributed by atoms with E-state index in [4.69, 9.17) is 9.47 Å². The molecule has 7 rings (SSSR count). The normalized spacial score (nSPS) is 31.1. The Bertz CT molecular complexity index is 1810. The van der Waals surface area contributed by atoms with Gasteiger partial charge in [-0.15, -0.1) is 5.10 Å². The summed E-state index contributed by atoms with van der Waals surface area (Å²) in [5, 5.41) is 18.2. The van der Waals surface area contributed by atoms with Gasteiger partial charge in [0.2, 0.25) is 11.8 Å². The number of likely N-dealkylation sites (tertiary alicyclic amines) is 1. The van der Waals surface area contributed by atoms with Gasteiger partial charge in [0.05, 0.1) is 23.6 Å². The molecule has 5 heterocycles. The van der Waals surface area contributed by atoms with E-state index in [1.54, 1.807) is 45.8 Å². The van der Waals surface area contributed by atoms with Gasteiger partial charge in [-0.25, -0.2) is 4.68 Å². The number of carbonyl (C=O) groups is 4. The van der Waals surface area contributed by atoms with Crippen molar-refractivity contribution in [2.24, 2.45) is 11.8 Å². The van der Waals surface area contributed by atoms with Crippen LogP contribution in [0, 0.1) is 11.8 Å². The first-order valence-corrected chi connectivity index (χ1v) is 16.8. The van der Waals surface area contributed by atoms with Crippen LogP contribution in [0.4, 0.5) is 0 Å². The number of ether oxygens (including phenoxy) is 2. The van der Waals surface area contributed by atoms with Gasteiger partial charge in [-0.05, 0) is 37.5 Å². The van der Waals surface area contributed by atoms with Crippen LogP contribution in [0.15, 0.2) is 78.9 Å².